The summed E-state index contributed by atoms with van der Waals surface area (Å²) < 4.78 is 5.12. The Balaban J connectivity index is 2.14. The van der Waals surface area contributed by atoms with Crippen LogP contribution in [0.3, 0.4) is 0 Å². The molecule has 3 aromatic rings. The van der Waals surface area contributed by atoms with Crippen LogP contribution in [0.5, 0.6) is 0 Å². The van der Waals surface area contributed by atoms with Gasteiger partial charge in [-0.05, 0) is 12.1 Å². The molecule has 0 saturated heterocycles. The van der Waals surface area contributed by atoms with E-state index in [2.05, 4.69) is 5.16 Å². The van der Waals surface area contributed by atoms with E-state index in [1.54, 1.807) is 18.2 Å². The first-order valence-electron chi connectivity index (χ1n) is 5.30. The zero-order valence-corrected chi connectivity index (χ0v) is 8.96. The Labute approximate surface area is 97.7 Å². The lowest BCUT2D eigenvalue weighted by molar-refractivity contribution is 0.103. The van der Waals surface area contributed by atoms with Gasteiger partial charge in [-0.2, -0.15) is 0 Å². The smallest absolute Gasteiger partial charge is 0.215 e. The fraction of sp³-hybridized carbons (Fsp3) is 0. The van der Waals surface area contributed by atoms with Gasteiger partial charge in [-0.3, -0.25) is 4.79 Å². The Bertz CT molecular complexity index is 671. The average Bonchev–Trinajstić information content (AvgIpc) is 2.83. The quantitative estimate of drug-likeness (QED) is 0.627. The Hall–Kier alpha value is -2.42. The summed E-state index contributed by atoms with van der Waals surface area (Å²) in [6.07, 6.45) is 0. The van der Waals surface area contributed by atoms with Crippen molar-refractivity contribution >= 4 is 16.8 Å². The van der Waals surface area contributed by atoms with E-state index in [1.807, 2.05) is 36.4 Å². The fourth-order valence-corrected chi connectivity index (χ4v) is 1.78. The van der Waals surface area contributed by atoms with Crippen molar-refractivity contribution in [1.82, 2.24) is 5.16 Å². The average molecular weight is 223 g/mol. The summed E-state index contributed by atoms with van der Waals surface area (Å²) in [5.74, 6) is -0.115. The summed E-state index contributed by atoms with van der Waals surface area (Å²) in [5, 5.41) is 4.60. The topological polar surface area (TPSA) is 43.1 Å². The minimum Gasteiger partial charge on any atom is -0.356 e. The molecule has 0 amide bonds. The second-order valence-corrected chi connectivity index (χ2v) is 3.72. The van der Waals surface area contributed by atoms with Crippen molar-refractivity contribution in [2.45, 2.75) is 0 Å². The zero-order chi connectivity index (χ0) is 11.7. The summed E-state index contributed by atoms with van der Waals surface area (Å²) >= 11 is 0. The van der Waals surface area contributed by atoms with E-state index in [9.17, 15) is 4.79 Å². The van der Waals surface area contributed by atoms with Crippen LogP contribution in [0.4, 0.5) is 0 Å². The van der Waals surface area contributed by atoms with Crippen LogP contribution in [-0.2, 0) is 0 Å². The highest BCUT2D eigenvalue weighted by Gasteiger charge is 2.16. The first-order chi connectivity index (χ1) is 8.36. The third-order valence-electron chi connectivity index (χ3n) is 2.63. The van der Waals surface area contributed by atoms with Crippen LogP contribution in [0.25, 0.3) is 11.0 Å². The third-order valence-corrected chi connectivity index (χ3v) is 2.63. The second kappa shape index (κ2) is 3.87. The number of carbonyl (C=O) groups excluding carboxylic acids is 1. The lowest BCUT2D eigenvalue weighted by Crippen LogP contribution is -2.01. The van der Waals surface area contributed by atoms with Crippen LogP contribution in [0.1, 0.15) is 16.1 Å². The molecule has 0 fully saturated rings. The van der Waals surface area contributed by atoms with Gasteiger partial charge in [0.15, 0.2) is 11.3 Å². The minimum atomic E-state index is -0.115. The number of benzene rings is 2. The van der Waals surface area contributed by atoms with E-state index in [0.29, 0.717) is 16.8 Å². The van der Waals surface area contributed by atoms with Gasteiger partial charge in [0, 0.05) is 5.56 Å². The van der Waals surface area contributed by atoms with Gasteiger partial charge in [-0.1, -0.05) is 47.6 Å². The summed E-state index contributed by atoms with van der Waals surface area (Å²) in [6, 6.07) is 16.4. The van der Waals surface area contributed by atoms with Gasteiger partial charge in [0.2, 0.25) is 5.78 Å². The van der Waals surface area contributed by atoms with Crippen LogP contribution >= 0.6 is 0 Å². The van der Waals surface area contributed by atoms with Gasteiger partial charge >= 0.3 is 0 Å². The standard InChI is InChI=1S/C14H9NO2/c16-14(10-6-2-1-3-7-10)13-11-8-4-5-9-12(11)17-15-13/h1-9H. The fourth-order valence-electron chi connectivity index (χ4n) is 1.78. The maximum atomic E-state index is 12.2. The van der Waals surface area contributed by atoms with Crippen molar-refractivity contribution < 1.29 is 9.32 Å². The minimum absolute atomic E-state index is 0.115. The van der Waals surface area contributed by atoms with Crippen molar-refractivity contribution in [2.24, 2.45) is 0 Å². The molecule has 0 bridgehead atoms. The number of hydrogen-bond acceptors (Lipinski definition) is 3. The van der Waals surface area contributed by atoms with Crippen LogP contribution in [0.15, 0.2) is 59.1 Å². The van der Waals surface area contributed by atoms with Gasteiger partial charge in [-0.15, -0.1) is 0 Å². The SMILES string of the molecule is O=C(c1ccccc1)c1noc2ccccc12. The van der Waals surface area contributed by atoms with E-state index in [4.69, 9.17) is 4.52 Å². The highest BCUT2D eigenvalue weighted by molar-refractivity contribution is 6.14. The normalized spacial score (nSPS) is 10.6. The molecule has 0 N–H and O–H groups in total. The van der Waals surface area contributed by atoms with Crippen LogP contribution < -0.4 is 0 Å². The number of aromatic nitrogens is 1. The number of hydrogen-bond donors (Lipinski definition) is 0. The Morgan fingerprint density at radius 3 is 2.47 bits per heavy atom. The van der Waals surface area contributed by atoms with Gasteiger partial charge in [0.1, 0.15) is 0 Å². The number of para-hydroxylation sites is 1. The number of ketones is 1. The largest absolute Gasteiger partial charge is 0.356 e. The molecule has 3 heteroatoms. The van der Waals surface area contributed by atoms with E-state index in [1.165, 1.54) is 0 Å². The number of rotatable bonds is 2. The van der Waals surface area contributed by atoms with Gasteiger partial charge in [0.25, 0.3) is 0 Å². The number of nitrogens with zero attached hydrogens (tertiary/aromatic N) is 1. The molecular weight excluding hydrogens is 214 g/mol. The van der Waals surface area contributed by atoms with Crippen LogP contribution in [0, 0.1) is 0 Å². The lowest BCUT2D eigenvalue weighted by atomic mass is 10.1. The van der Waals surface area contributed by atoms with Crippen molar-refractivity contribution in [1.29, 1.82) is 0 Å². The van der Waals surface area contributed by atoms with Crippen LogP contribution in [-0.4, -0.2) is 10.9 Å². The highest BCUT2D eigenvalue weighted by Crippen LogP contribution is 2.20. The van der Waals surface area contributed by atoms with Crippen LogP contribution in [0.2, 0.25) is 0 Å². The summed E-state index contributed by atoms with van der Waals surface area (Å²) in [6.45, 7) is 0. The molecule has 0 aliphatic heterocycles. The molecule has 2 aromatic carbocycles. The molecule has 0 aliphatic carbocycles. The predicted octanol–water partition coefficient (Wildman–Crippen LogP) is 3.06. The monoisotopic (exact) mass is 223 g/mol. The van der Waals surface area contributed by atoms with E-state index >= 15 is 0 Å². The molecule has 82 valence electrons. The summed E-state index contributed by atoms with van der Waals surface area (Å²) in [4.78, 5) is 12.2. The van der Waals surface area contributed by atoms with Crippen molar-refractivity contribution in [3.63, 3.8) is 0 Å². The summed E-state index contributed by atoms with van der Waals surface area (Å²) in [7, 11) is 0. The van der Waals surface area contributed by atoms with E-state index < -0.39 is 0 Å². The van der Waals surface area contributed by atoms with E-state index in [-0.39, 0.29) is 5.78 Å². The predicted molar refractivity (Wildman–Crippen MR) is 63.9 cm³/mol. The molecule has 0 atom stereocenters. The molecule has 1 aromatic heterocycles. The Morgan fingerprint density at radius 2 is 1.65 bits per heavy atom. The molecular formula is C14H9NO2. The first kappa shape index (κ1) is 9.78. The molecule has 0 spiro atoms. The zero-order valence-electron chi connectivity index (χ0n) is 8.96. The molecule has 0 unspecified atom stereocenters. The molecule has 3 nitrogen and oxygen atoms in total. The van der Waals surface area contributed by atoms with Gasteiger partial charge in [-0.25, -0.2) is 0 Å². The maximum Gasteiger partial charge on any atom is 0.215 e. The third kappa shape index (κ3) is 1.61. The maximum absolute atomic E-state index is 12.2. The first-order valence-corrected chi connectivity index (χ1v) is 5.30. The lowest BCUT2D eigenvalue weighted by Gasteiger charge is -1.96. The molecule has 0 aliphatic rings. The molecule has 3 rings (SSSR count). The van der Waals surface area contributed by atoms with Gasteiger partial charge < -0.3 is 4.52 Å². The van der Waals surface area contributed by atoms with Crippen molar-refractivity contribution in [2.75, 3.05) is 0 Å². The number of fused-ring (bicyclic) bond motifs is 1. The second-order valence-electron chi connectivity index (χ2n) is 3.72. The Morgan fingerprint density at radius 1 is 0.941 bits per heavy atom. The molecule has 0 saturated carbocycles. The molecule has 17 heavy (non-hydrogen) atoms. The Kier molecular flexibility index (Phi) is 2.22. The van der Waals surface area contributed by atoms with E-state index in [0.717, 1.165) is 5.39 Å². The van der Waals surface area contributed by atoms with Crippen molar-refractivity contribution in [3.05, 3.63) is 65.9 Å². The molecule has 1 heterocycles. The van der Waals surface area contributed by atoms with Gasteiger partial charge in [0.05, 0.1) is 5.39 Å². The number of carbonyl (C=O) groups is 1. The highest BCUT2D eigenvalue weighted by atomic mass is 16.5. The van der Waals surface area contributed by atoms with Crippen molar-refractivity contribution in [3.8, 4) is 0 Å². The molecule has 0 radical (unpaired) electrons. The summed E-state index contributed by atoms with van der Waals surface area (Å²) in [5.41, 5.74) is 1.62.